The molecular formula is C17H26FNO. The molecule has 112 valence electrons. The van der Waals surface area contributed by atoms with E-state index in [4.69, 9.17) is 5.73 Å². The maximum atomic E-state index is 13.9. The molecule has 0 aliphatic heterocycles. The van der Waals surface area contributed by atoms with Gasteiger partial charge in [-0.15, -0.1) is 0 Å². The Hall–Kier alpha value is -0.930. The minimum atomic E-state index is -0.542. The van der Waals surface area contributed by atoms with Crippen LogP contribution in [0.2, 0.25) is 0 Å². The van der Waals surface area contributed by atoms with Crippen molar-refractivity contribution in [2.45, 2.75) is 57.0 Å². The molecule has 2 nitrogen and oxygen atoms in total. The quantitative estimate of drug-likeness (QED) is 0.809. The Labute approximate surface area is 121 Å². The third-order valence-electron chi connectivity index (χ3n) is 4.57. The topological polar surface area (TPSA) is 46.2 Å². The van der Waals surface area contributed by atoms with Gasteiger partial charge in [-0.2, -0.15) is 0 Å². The van der Waals surface area contributed by atoms with Crippen LogP contribution in [-0.4, -0.2) is 17.8 Å². The lowest BCUT2D eigenvalue weighted by Crippen LogP contribution is -2.28. The summed E-state index contributed by atoms with van der Waals surface area (Å²) in [6.45, 7) is 0.287. The summed E-state index contributed by atoms with van der Waals surface area (Å²) >= 11 is 0. The summed E-state index contributed by atoms with van der Waals surface area (Å²) in [7, 11) is 0. The van der Waals surface area contributed by atoms with Gasteiger partial charge in [-0.3, -0.25) is 0 Å². The molecule has 20 heavy (non-hydrogen) atoms. The Kier molecular flexibility index (Phi) is 5.99. The summed E-state index contributed by atoms with van der Waals surface area (Å²) in [5, 5.41) is 10.5. The molecule has 1 aliphatic rings. The third kappa shape index (κ3) is 4.03. The van der Waals surface area contributed by atoms with Gasteiger partial charge in [-0.25, -0.2) is 4.39 Å². The molecule has 0 spiro atoms. The van der Waals surface area contributed by atoms with E-state index in [1.807, 2.05) is 0 Å². The van der Waals surface area contributed by atoms with Crippen LogP contribution in [0.3, 0.4) is 0 Å². The second-order valence-corrected chi connectivity index (χ2v) is 6.02. The highest BCUT2D eigenvalue weighted by Crippen LogP contribution is 2.31. The number of aliphatic hydroxyl groups is 1. The van der Waals surface area contributed by atoms with Gasteiger partial charge < -0.3 is 10.8 Å². The SMILES string of the molecule is NCC(c1ccccc1F)C(O)CC1CCCCCC1. The predicted molar refractivity (Wildman–Crippen MR) is 80.0 cm³/mol. The fourth-order valence-corrected chi connectivity index (χ4v) is 3.37. The van der Waals surface area contributed by atoms with Crippen LogP contribution in [0.4, 0.5) is 4.39 Å². The standard InChI is InChI=1S/C17H26FNO/c18-16-10-6-5-9-14(16)15(12-19)17(20)11-13-7-3-1-2-4-8-13/h5-6,9-10,13,15,17,20H,1-4,7-8,11-12,19H2. The molecule has 0 heterocycles. The van der Waals surface area contributed by atoms with Crippen molar-refractivity contribution in [3.05, 3.63) is 35.6 Å². The van der Waals surface area contributed by atoms with Crippen LogP contribution >= 0.6 is 0 Å². The fraction of sp³-hybridized carbons (Fsp3) is 0.647. The second-order valence-electron chi connectivity index (χ2n) is 6.02. The number of hydrogen-bond acceptors (Lipinski definition) is 2. The van der Waals surface area contributed by atoms with Gasteiger partial charge in [-0.1, -0.05) is 56.7 Å². The van der Waals surface area contributed by atoms with Crippen LogP contribution in [0.1, 0.15) is 56.4 Å². The zero-order chi connectivity index (χ0) is 14.4. The van der Waals surface area contributed by atoms with Crippen LogP contribution in [0, 0.1) is 11.7 Å². The molecular weight excluding hydrogens is 253 g/mol. The maximum Gasteiger partial charge on any atom is 0.126 e. The van der Waals surface area contributed by atoms with E-state index in [9.17, 15) is 9.50 Å². The lowest BCUT2D eigenvalue weighted by Gasteiger charge is -2.26. The van der Waals surface area contributed by atoms with Gasteiger partial charge in [0, 0.05) is 12.5 Å². The average Bonchev–Trinajstić information content (AvgIpc) is 2.70. The second kappa shape index (κ2) is 7.75. The van der Waals surface area contributed by atoms with Crippen molar-refractivity contribution in [2.75, 3.05) is 6.54 Å². The largest absolute Gasteiger partial charge is 0.392 e. The first-order valence-electron chi connectivity index (χ1n) is 7.85. The monoisotopic (exact) mass is 279 g/mol. The molecule has 0 saturated heterocycles. The lowest BCUT2D eigenvalue weighted by atomic mass is 9.85. The summed E-state index contributed by atoms with van der Waals surface area (Å²) < 4.78 is 13.9. The molecule has 1 fully saturated rings. The molecule has 3 heteroatoms. The number of nitrogens with two attached hydrogens (primary N) is 1. The number of halogens is 1. The Morgan fingerprint density at radius 3 is 2.40 bits per heavy atom. The normalized spacial score (nSPS) is 20.4. The highest BCUT2D eigenvalue weighted by Gasteiger charge is 2.25. The summed E-state index contributed by atoms with van der Waals surface area (Å²) in [5.41, 5.74) is 6.34. The lowest BCUT2D eigenvalue weighted by molar-refractivity contribution is 0.110. The van der Waals surface area contributed by atoms with E-state index in [1.54, 1.807) is 18.2 Å². The van der Waals surface area contributed by atoms with Crippen LogP contribution in [0.15, 0.2) is 24.3 Å². The Bertz CT molecular complexity index is 402. The van der Waals surface area contributed by atoms with Crippen molar-refractivity contribution in [3.8, 4) is 0 Å². The average molecular weight is 279 g/mol. The highest BCUT2D eigenvalue weighted by atomic mass is 19.1. The van der Waals surface area contributed by atoms with Crippen molar-refractivity contribution in [1.82, 2.24) is 0 Å². The first kappa shape index (κ1) is 15.5. The Morgan fingerprint density at radius 1 is 1.15 bits per heavy atom. The Balaban J connectivity index is 2.01. The molecule has 3 N–H and O–H groups in total. The number of rotatable bonds is 5. The molecule has 0 radical (unpaired) electrons. The smallest absolute Gasteiger partial charge is 0.126 e. The number of benzene rings is 1. The van der Waals surface area contributed by atoms with Crippen LogP contribution in [-0.2, 0) is 0 Å². The van der Waals surface area contributed by atoms with Crippen molar-refractivity contribution in [3.63, 3.8) is 0 Å². The van der Waals surface area contributed by atoms with Gasteiger partial charge in [0.15, 0.2) is 0 Å². The molecule has 1 saturated carbocycles. The first-order chi connectivity index (χ1) is 9.72. The van der Waals surface area contributed by atoms with E-state index in [0.29, 0.717) is 11.5 Å². The molecule has 1 aliphatic carbocycles. The summed E-state index contributed by atoms with van der Waals surface area (Å²) in [6.07, 6.45) is 7.70. The van der Waals surface area contributed by atoms with Crippen molar-refractivity contribution in [1.29, 1.82) is 0 Å². The summed E-state index contributed by atoms with van der Waals surface area (Å²) in [4.78, 5) is 0. The van der Waals surface area contributed by atoms with E-state index in [0.717, 1.165) is 6.42 Å². The Morgan fingerprint density at radius 2 is 1.80 bits per heavy atom. The molecule has 2 rings (SSSR count). The summed E-state index contributed by atoms with van der Waals surface area (Å²) in [5.74, 6) is 0.00985. The summed E-state index contributed by atoms with van der Waals surface area (Å²) in [6, 6.07) is 6.66. The third-order valence-corrected chi connectivity index (χ3v) is 4.57. The van der Waals surface area contributed by atoms with E-state index >= 15 is 0 Å². The molecule has 2 atom stereocenters. The molecule has 1 aromatic rings. The van der Waals surface area contributed by atoms with Crippen LogP contribution < -0.4 is 5.73 Å². The fourth-order valence-electron chi connectivity index (χ4n) is 3.37. The highest BCUT2D eigenvalue weighted by molar-refractivity contribution is 5.23. The number of aliphatic hydroxyl groups excluding tert-OH is 1. The maximum absolute atomic E-state index is 13.9. The molecule has 0 amide bonds. The molecule has 0 aromatic heterocycles. The van der Waals surface area contributed by atoms with Crippen molar-refractivity contribution in [2.24, 2.45) is 11.7 Å². The predicted octanol–water partition coefficient (Wildman–Crippen LogP) is 3.59. The van der Waals surface area contributed by atoms with Gasteiger partial charge >= 0.3 is 0 Å². The van der Waals surface area contributed by atoms with Gasteiger partial charge in [-0.05, 0) is 24.0 Å². The van der Waals surface area contributed by atoms with Crippen LogP contribution in [0.25, 0.3) is 0 Å². The van der Waals surface area contributed by atoms with Gasteiger partial charge in [0.2, 0.25) is 0 Å². The zero-order valence-corrected chi connectivity index (χ0v) is 12.1. The van der Waals surface area contributed by atoms with Crippen molar-refractivity contribution >= 4 is 0 Å². The minimum absolute atomic E-state index is 0.261. The van der Waals surface area contributed by atoms with Crippen LogP contribution in [0.5, 0.6) is 0 Å². The van der Waals surface area contributed by atoms with Gasteiger partial charge in [0.25, 0.3) is 0 Å². The van der Waals surface area contributed by atoms with Crippen molar-refractivity contribution < 1.29 is 9.50 Å². The van der Waals surface area contributed by atoms with E-state index in [-0.39, 0.29) is 18.3 Å². The van der Waals surface area contributed by atoms with Gasteiger partial charge in [0.05, 0.1) is 6.10 Å². The molecule has 0 bridgehead atoms. The molecule has 1 aromatic carbocycles. The van der Waals surface area contributed by atoms with E-state index < -0.39 is 6.10 Å². The minimum Gasteiger partial charge on any atom is -0.392 e. The number of hydrogen-bond donors (Lipinski definition) is 2. The first-order valence-corrected chi connectivity index (χ1v) is 7.85. The molecule has 2 unspecified atom stereocenters. The zero-order valence-electron chi connectivity index (χ0n) is 12.1. The van der Waals surface area contributed by atoms with E-state index in [1.165, 1.54) is 44.6 Å². The van der Waals surface area contributed by atoms with Gasteiger partial charge in [0.1, 0.15) is 5.82 Å². The van der Waals surface area contributed by atoms with E-state index in [2.05, 4.69) is 0 Å².